The summed E-state index contributed by atoms with van der Waals surface area (Å²) in [4.78, 5) is 8.48. The second-order valence-electron chi connectivity index (χ2n) is 6.43. The van der Waals surface area contributed by atoms with Crippen LogP contribution in [0.5, 0.6) is 0 Å². The topological polar surface area (TPSA) is 29.7 Å². The minimum Gasteiger partial charge on any atom is -0.264 e. The van der Waals surface area contributed by atoms with Gasteiger partial charge in [0.2, 0.25) is 5.69 Å². The predicted octanol–water partition coefficient (Wildman–Crippen LogP) is 4.41. The van der Waals surface area contributed by atoms with Crippen molar-refractivity contribution >= 4 is 10.8 Å². The van der Waals surface area contributed by atoms with Crippen LogP contribution in [-0.2, 0) is 7.05 Å². The Labute approximate surface area is 147 Å². The van der Waals surface area contributed by atoms with Crippen LogP contribution in [0.15, 0.2) is 67.3 Å². The normalized spacial score (nSPS) is 11.0. The van der Waals surface area contributed by atoms with Crippen molar-refractivity contribution in [1.29, 1.82) is 0 Å². The van der Waals surface area contributed by atoms with Gasteiger partial charge in [0, 0.05) is 43.3 Å². The first kappa shape index (κ1) is 15.5. The summed E-state index contributed by atoms with van der Waals surface area (Å²) in [6.45, 7) is 4.26. The summed E-state index contributed by atoms with van der Waals surface area (Å²) in [5.41, 5.74) is 7.18. The van der Waals surface area contributed by atoms with E-state index < -0.39 is 0 Å². The maximum atomic E-state index is 4.24. The van der Waals surface area contributed by atoms with Crippen LogP contribution in [0.2, 0.25) is 0 Å². The Bertz CT molecular complexity index is 1070. The highest BCUT2D eigenvalue weighted by molar-refractivity contribution is 5.96. The number of hydrogen-bond acceptors (Lipinski definition) is 2. The third-order valence-corrected chi connectivity index (χ3v) is 4.81. The summed E-state index contributed by atoms with van der Waals surface area (Å²) < 4.78 is 2.26. The second kappa shape index (κ2) is 6.10. The molecule has 0 spiro atoms. The Morgan fingerprint density at radius 1 is 0.840 bits per heavy atom. The number of nitrogens with zero attached hydrogens (tertiary/aromatic N) is 3. The van der Waals surface area contributed by atoms with E-state index in [0.717, 1.165) is 5.56 Å². The van der Waals surface area contributed by atoms with Gasteiger partial charge in [-0.3, -0.25) is 9.97 Å². The highest BCUT2D eigenvalue weighted by atomic mass is 14.9. The van der Waals surface area contributed by atoms with Gasteiger partial charge in [-0.1, -0.05) is 12.1 Å². The summed E-state index contributed by atoms with van der Waals surface area (Å²) in [7, 11) is 2.12. The molecule has 0 saturated carbocycles. The molecule has 0 aliphatic rings. The highest BCUT2D eigenvalue weighted by Gasteiger charge is 2.19. The van der Waals surface area contributed by atoms with Gasteiger partial charge in [0.25, 0.3) is 0 Å². The second-order valence-corrected chi connectivity index (χ2v) is 6.43. The van der Waals surface area contributed by atoms with Crippen molar-refractivity contribution < 1.29 is 4.57 Å². The first-order valence-corrected chi connectivity index (χ1v) is 8.40. The number of fused-ring (bicyclic) bond motifs is 1. The summed E-state index contributed by atoms with van der Waals surface area (Å²) >= 11 is 0. The van der Waals surface area contributed by atoms with Crippen molar-refractivity contribution in [3.05, 3.63) is 78.5 Å². The first-order valence-electron chi connectivity index (χ1n) is 8.40. The molecule has 0 amide bonds. The summed E-state index contributed by atoms with van der Waals surface area (Å²) in [5.74, 6) is 0. The van der Waals surface area contributed by atoms with Gasteiger partial charge in [-0.15, -0.1) is 0 Å². The van der Waals surface area contributed by atoms with Crippen molar-refractivity contribution in [3.63, 3.8) is 0 Å². The molecule has 122 valence electrons. The lowest BCUT2D eigenvalue weighted by molar-refractivity contribution is -0.665. The quantitative estimate of drug-likeness (QED) is 0.511. The van der Waals surface area contributed by atoms with E-state index in [0.29, 0.717) is 0 Å². The van der Waals surface area contributed by atoms with Crippen LogP contribution in [0.1, 0.15) is 11.3 Å². The predicted molar refractivity (Wildman–Crippen MR) is 101 cm³/mol. The van der Waals surface area contributed by atoms with E-state index in [1.807, 2.05) is 24.7 Å². The molecule has 3 nitrogen and oxygen atoms in total. The van der Waals surface area contributed by atoms with Crippen molar-refractivity contribution in [2.24, 2.45) is 7.05 Å². The third-order valence-electron chi connectivity index (χ3n) is 4.81. The molecule has 0 radical (unpaired) electrons. The van der Waals surface area contributed by atoms with Crippen molar-refractivity contribution in [1.82, 2.24) is 9.97 Å². The van der Waals surface area contributed by atoms with E-state index in [4.69, 9.17) is 0 Å². The van der Waals surface area contributed by atoms with Gasteiger partial charge in [0.1, 0.15) is 7.05 Å². The van der Waals surface area contributed by atoms with Gasteiger partial charge in [-0.25, -0.2) is 0 Å². The minimum absolute atomic E-state index is 1.14. The first-order chi connectivity index (χ1) is 12.1. The Morgan fingerprint density at radius 3 is 2.44 bits per heavy atom. The summed E-state index contributed by atoms with van der Waals surface area (Å²) in [5, 5.41) is 2.48. The van der Waals surface area contributed by atoms with Crippen LogP contribution >= 0.6 is 0 Å². The van der Waals surface area contributed by atoms with Crippen molar-refractivity contribution in [2.75, 3.05) is 0 Å². The van der Waals surface area contributed by atoms with Crippen LogP contribution < -0.4 is 4.57 Å². The van der Waals surface area contributed by atoms with Crippen molar-refractivity contribution in [2.45, 2.75) is 13.8 Å². The van der Waals surface area contributed by atoms with Crippen molar-refractivity contribution in [3.8, 4) is 22.4 Å². The number of pyridine rings is 3. The molecule has 0 unspecified atom stereocenters. The van der Waals surface area contributed by atoms with E-state index in [1.165, 1.54) is 38.9 Å². The molecule has 4 rings (SSSR count). The van der Waals surface area contributed by atoms with Crippen LogP contribution in [0.4, 0.5) is 0 Å². The fourth-order valence-corrected chi connectivity index (χ4v) is 3.35. The molecule has 0 fully saturated rings. The van der Waals surface area contributed by atoms with E-state index in [9.17, 15) is 0 Å². The number of aryl methyl sites for hydroxylation is 2. The smallest absolute Gasteiger partial charge is 0.220 e. The average molecular weight is 326 g/mol. The molecule has 0 atom stereocenters. The van der Waals surface area contributed by atoms with E-state index >= 15 is 0 Å². The summed E-state index contributed by atoms with van der Waals surface area (Å²) in [6.07, 6.45) is 7.50. The molecule has 0 aliphatic carbocycles. The van der Waals surface area contributed by atoms with Gasteiger partial charge in [0.05, 0.1) is 10.9 Å². The number of benzene rings is 1. The van der Waals surface area contributed by atoms with Crippen LogP contribution in [-0.4, -0.2) is 9.97 Å². The maximum Gasteiger partial charge on any atom is 0.220 e. The Morgan fingerprint density at radius 2 is 1.68 bits per heavy atom. The molecule has 25 heavy (non-hydrogen) atoms. The molecule has 0 N–H and O–H groups in total. The Kier molecular flexibility index (Phi) is 3.77. The van der Waals surface area contributed by atoms with Crippen LogP contribution in [0.25, 0.3) is 33.2 Å². The lowest BCUT2D eigenvalue weighted by atomic mass is 9.97. The minimum atomic E-state index is 1.14. The fraction of sp³-hybridized carbons (Fsp3) is 0.136. The zero-order chi connectivity index (χ0) is 17.4. The maximum absolute atomic E-state index is 4.24. The SMILES string of the molecule is Cc1cnccc1-c1c2ccc(-c3cccnc3)cc2cc(C)[n+]1C. The van der Waals surface area contributed by atoms with Gasteiger partial charge < -0.3 is 0 Å². The zero-order valence-electron chi connectivity index (χ0n) is 14.7. The lowest BCUT2D eigenvalue weighted by Crippen LogP contribution is -2.35. The van der Waals surface area contributed by atoms with E-state index in [-0.39, 0.29) is 0 Å². The number of aromatic nitrogens is 3. The van der Waals surface area contributed by atoms with Gasteiger partial charge in [0.15, 0.2) is 5.69 Å². The molecule has 0 aliphatic heterocycles. The van der Waals surface area contributed by atoms with Gasteiger partial charge >= 0.3 is 0 Å². The van der Waals surface area contributed by atoms with Crippen LogP contribution in [0, 0.1) is 13.8 Å². The molecule has 1 aromatic carbocycles. The lowest BCUT2D eigenvalue weighted by Gasteiger charge is -2.11. The number of rotatable bonds is 2. The average Bonchev–Trinajstić information content (AvgIpc) is 2.64. The fourth-order valence-electron chi connectivity index (χ4n) is 3.35. The van der Waals surface area contributed by atoms with E-state index in [1.54, 1.807) is 6.20 Å². The largest absolute Gasteiger partial charge is 0.264 e. The molecule has 4 aromatic rings. The van der Waals surface area contributed by atoms with Gasteiger partial charge in [-0.05, 0) is 47.7 Å². The molecule has 3 heterocycles. The summed E-state index contributed by atoms with van der Waals surface area (Å²) in [6, 6.07) is 15.0. The third kappa shape index (κ3) is 2.68. The molecule has 0 saturated heterocycles. The zero-order valence-corrected chi connectivity index (χ0v) is 14.7. The Balaban J connectivity index is 2.01. The monoisotopic (exact) mass is 326 g/mol. The Hall–Kier alpha value is -3.07. The van der Waals surface area contributed by atoms with Gasteiger partial charge in [-0.2, -0.15) is 4.57 Å². The molecular weight excluding hydrogens is 306 g/mol. The molecule has 3 heteroatoms. The van der Waals surface area contributed by atoms with E-state index in [2.05, 4.69) is 71.8 Å². The van der Waals surface area contributed by atoms with Crippen LogP contribution in [0.3, 0.4) is 0 Å². The molecule has 3 aromatic heterocycles. The standard InChI is InChI=1S/C22H20N3/c1-15-13-24-10-8-20(15)22-21-7-6-17(18-5-4-9-23-14-18)12-19(21)11-16(2)25(22)3/h4-14H,1-3H3/q+1. The number of hydrogen-bond donors (Lipinski definition) is 0. The molecular formula is C22H20N3+. The highest BCUT2D eigenvalue weighted by Crippen LogP contribution is 2.31. The molecule has 0 bridgehead atoms.